The number of amides is 2. The minimum absolute atomic E-state index is 0.0144. The zero-order valence-corrected chi connectivity index (χ0v) is 27.6. The molecular formula is C34H35Cl2N3O5S. The molecule has 236 valence electrons. The van der Waals surface area contributed by atoms with Crippen LogP contribution in [-0.2, 0) is 32.6 Å². The molecule has 0 aliphatic rings. The van der Waals surface area contributed by atoms with Crippen molar-refractivity contribution in [3.63, 3.8) is 0 Å². The minimum Gasteiger partial charge on any atom is -0.497 e. The standard InChI is InChI=1S/C34H35Cl2N3O5S/c1-4-37-34(41)32(19-25-9-6-5-7-10-25)38(22-26-15-16-27(35)20-31(26)36)33(40)23-39(28-11-8-12-29(21-28)44-3)45(42,43)30-17-13-24(2)14-18-30/h5-18,20-21,32H,4,19,22-23H2,1-3H3,(H,37,41)/t32-/m0/s1. The number of hydrogen-bond acceptors (Lipinski definition) is 5. The van der Waals surface area contributed by atoms with Crippen molar-refractivity contribution < 1.29 is 22.7 Å². The summed E-state index contributed by atoms with van der Waals surface area (Å²) in [6.07, 6.45) is 0.188. The fraction of sp³-hybridized carbons (Fsp3) is 0.235. The number of carbonyl (C=O) groups is 2. The van der Waals surface area contributed by atoms with Crippen LogP contribution in [0.4, 0.5) is 5.69 Å². The number of nitrogens with zero attached hydrogens (tertiary/aromatic N) is 2. The van der Waals surface area contributed by atoms with Gasteiger partial charge in [-0.3, -0.25) is 13.9 Å². The molecular weight excluding hydrogens is 633 g/mol. The Balaban J connectivity index is 1.83. The molecule has 0 heterocycles. The number of benzene rings is 4. The van der Waals surface area contributed by atoms with Gasteiger partial charge in [0.05, 0.1) is 17.7 Å². The van der Waals surface area contributed by atoms with Gasteiger partial charge in [0, 0.05) is 35.6 Å². The highest BCUT2D eigenvalue weighted by Gasteiger charge is 2.35. The smallest absolute Gasteiger partial charge is 0.264 e. The number of nitrogens with one attached hydrogen (secondary N) is 1. The van der Waals surface area contributed by atoms with Crippen LogP contribution < -0.4 is 14.4 Å². The maximum Gasteiger partial charge on any atom is 0.264 e. The lowest BCUT2D eigenvalue weighted by molar-refractivity contribution is -0.140. The topological polar surface area (TPSA) is 96.0 Å². The van der Waals surface area contributed by atoms with Crippen molar-refractivity contribution in [3.05, 3.63) is 124 Å². The summed E-state index contributed by atoms with van der Waals surface area (Å²) >= 11 is 12.7. The van der Waals surface area contributed by atoms with Crippen LogP contribution in [0.15, 0.2) is 102 Å². The third-order valence-corrected chi connectivity index (χ3v) is 9.58. The largest absolute Gasteiger partial charge is 0.497 e. The molecule has 0 radical (unpaired) electrons. The maximum atomic E-state index is 14.5. The average molecular weight is 669 g/mol. The van der Waals surface area contributed by atoms with Crippen LogP contribution in [0.1, 0.15) is 23.6 Å². The fourth-order valence-corrected chi connectivity index (χ4v) is 6.69. The molecule has 1 atom stereocenters. The molecule has 11 heteroatoms. The van der Waals surface area contributed by atoms with E-state index < -0.39 is 28.5 Å². The van der Waals surface area contributed by atoms with Gasteiger partial charge >= 0.3 is 0 Å². The van der Waals surface area contributed by atoms with Crippen LogP contribution in [0, 0.1) is 6.92 Å². The van der Waals surface area contributed by atoms with E-state index >= 15 is 0 Å². The molecule has 8 nitrogen and oxygen atoms in total. The van der Waals surface area contributed by atoms with E-state index in [9.17, 15) is 18.0 Å². The summed E-state index contributed by atoms with van der Waals surface area (Å²) in [5, 5.41) is 3.56. The van der Waals surface area contributed by atoms with Gasteiger partial charge in [0.1, 0.15) is 18.3 Å². The molecule has 1 N–H and O–H groups in total. The molecule has 4 rings (SSSR count). The second-order valence-electron chi connectivity index (χ2n) is 10.4. The van der Waals surface area contributed by atoms with Gasteiger partial charge in [0.2, 0.25) is 11.8 Å². The molecule has 0 spiro atoms. The first-order valence-corrected chi connectivity index (χ1v) is 16.5. The van der Waals surface area contributed by atoms with Crippen LogP contribution in [0.3, 0.4) is 0 Å². The van der Waals surface area contributed by atoms with Gasteiger partial charge in [-0.2, -0.15) is 0 Å². The maximum absolute atomic E-state index is 14.5. The number of ether oxygens (including phenoxy) is 1. The van der Waals surface area contributed by atoms with Crippen molar-refractivity contribution in [2.45, 2.75) is 37.8 Å². The second-order valence-corrected chi connectivity index (χ2v) is 13.1. The summed E-state index contributed by atoms with van der Waals surface area (Å²) in [4.78, 5) is 29.5. The van der Waals surface area contributed by atoms with E-state index in [1.807, 2.05) is 37.3 Å². The van der Waals surface area contributed by atoms with Gasteiger partial charge in [-0.15, -0.1) is 0 Å². The number of sulfonamides is 1. The summed E-state index contributed by atoms with van der Waals surface area (Å²) in [6.45, 7) is 3.32. The van der Waals surface area contributed by atoms with Crippen LogP contribution in [0.2, 0.25) is 10.0 Å². The first kappa shape index (κ1) is 33.8. The molecule has 0 aliphatic heterocycles. The number of halogens is 2. The molecule has 2 amide bonds. The quantitative estimate of drug-likeness (QED) is 0.181. The first-order chi connectivity index (χ1) is 21.5. The SMILES string of the molecule is CCNC(=O)[C@H](Cc1ccccc1)N(Cc1ccc(Cl)cc1Cl)C(=O)CN(c1cccc(OC)c1)S(=O)(=O)c1ccc(C)cc1. The van der Waals surface area contributed by atoms with Crippen LogP contribution in [0.5, 0.6) is 5.75 Å². The Labute approximate surface area is 274 Å². The van der Waals surface area contributed by atoms with E-state index in [1.165, 1.54) is 24.1 Å². The van der Waals surface area contributed by atoms with Crippen molar-refractivity contribution >= 4 is 50.7 Å². The summed E-state index contributed by atoms with van der Waals surface area (Å²) in [5.41, 5.74) is 2.48. The second kappa shape index (κ2) is 15.3. The number of anilines is 1. The zero-order valence-electron chi connectivity index (χ0n) is 25.2. The Hall–Kier alpha value is -4.05. The lowest BCUT2D eigenvalue weighted by Crippen LogP contribution is -2.53. The summed E-state index contributed by atoms with van der Waals surface area (Å²) in [5.74, 6) is -0.570. The predicted molar refractivity (Wildman–Crippen MR) is 178 cm³/mol. The molecule has 0 aliphatic carbocycles. The zero-order chi connectivity index (χ0) is 32.6. The third-order valence-electron chi connectivity index (χ3n) is 7.21. The predicted octanol–water partition coefficient (Wildman–Crippen LogP) is 6.28. The van der Waals surface area contributed by atoms with Gasteiger partial charge in [-0.25, -0.2) is 8.42 Å². The van der Waals surface area contributed by atoms with Crippen molar-refractivity contribution in [1.29, 1.82) is 0 Å². The Morgan fingerprint density at radius 1 is 0.911 bits per heavy atom. The lowest BCUT2D eigenvalue weighted by atomic mass is 10.0. The molecule has 0 unspecified atom stereocenters. The normalized spacial score (nSPS) is 11.8. The van der Waals surface area contributed by atoms with E-state index in [0.29, 0.717) is 27.9 Å². The minimum atomic E-state index is -4.24. The van der Waals surface area contributed by atoms with Gasteiger partial charge in [0.25, 0.3) is 10.0 Å². The summed E-state index contributed by atoms with van der Waals surface area (Å²) in [6, 6.07) is 26.1. The van der Waals surface area contributed by atoms with E-state index in [2.05, 4.69) is 5.32 Å². The highest BCUT2D eigenvalue weighted by Crippen LogP contribution is 2.29. The molecule has 0 bridgehead atoms. The lowest BCUT2D eigenvalue weighted by Gasteiger charge is -2.34. The number of carbonyl (C=O) groups excluding carboxylic acids is 2. The number of likely N-dealkylation sites (N-methyl/N-ethyl adjacent to an activating group) is 1. The van der Waals surface area contributed by atoms with Gasteiger partial charge in [-0.05, 0) is 61.4 Å². The Kier molecular flexibility index (Phi) is 11.5. The molecule has 0 saturated carbocycles. The molecule has 0 saturated heterocycles. The monoisotopic (exact) mass is 667 g/mol. The Bertz CT molecular complexity index is 1730. The highest BCUT2D eigenvalue weighted by molar-refractivity contribution is 7.92. The van der Waals surface area contributed by atoms with Crippen molar-refractivity contribution in [1.82, 2.24) is 10.2 Å². The van der Waals surface area contributed by atoms with E-state index in [0.717, 1.165) is 15.4 Å². The van der Waals surface area contributed by atoms with Crippen LogP contribution in [0.25, 0.3) is 0 Å². The number of hydrogen-bond donors (Lipinski definition) is 1. The Morgan fingerprint density at radius 3 is 2.27 bits per heavy atom. The summed E-state index contributed by atoms with van der Waals surface area (Å²) < 4.78 is 34.7. The molecule has 0 aromatic heterocycles. The van der Waals surface area contributed by atoms with Crippen molar-refractivity contribution in [2.75, 3.05) is 24.5 Å². The summed E-state index contributed by atoms with van der Waals surface area (Å²) in [7, 11) is -2.77. The third kappa shape index (κ3) is 8.57. The fourth-order valence-electron chi connectivity index (χ4n) is 4.81. The first-order valence-electron chi connectivity index (χ1n) is 14.3. The van der Waals surface area contributed by atoms with E-state index in [4.69, 9.17) is 27.9 Å². The van der Waals surface area contributed by atoms with Gasteiger partial charge < -0.3 is 15.0 Å². The van der Waals surface area contributed by atoms with Gasteiger partial charge in [-0.1, -0.05) is 83.4 Å². The number of aryl methyl sites for hydroxylation is 1. The number of methoxy groups -OCH3 is 1. The van der Waals surface area contributed by atoms with Crippen LogP contribution in [-0.4, -0.2) is 51.4 Å². The average Bonchev–Trinajstić information content (AvgIpc) is 3.03. The molecule has 4 aromatic carbocycles. The van der Waals surface area contributed by atoms with Crippen molar-refractivity contribution in [2.24, 2.45) is 0 Å². The van der Waals surface area contributed by atoms with E-state index in [1.54, 1.807) is 61.5 Å². The molecule has 0 fully saturated rings. The number of rotatable bonds is 13. The molecule has 4 aromatic rings. The van der Waals surface area contributed by atoms with Gasteiger partial charge in [0.15, 0.2) is 0 Å². The Morgan fingerprint density at radius 2 is 1.62 bits per heavy atom. The van der Waals surface area contributed by atoms with Crippen molar-refractivity contribution in [3.8, 4) is 5.75 Å². The molecule has 45 heavy (non-hydrogen) atoms. The van der Waals surface area contributed by atoms with Crippen LogP contribution >= 0.6 is 23.2 Å². The highest BCUT2D eigenvalue weighted by atomic mass is 35.5. The van der Waals surface area contributed by atoms with E-state index in [-0.39, 0.29) is 29.5 Å².